The molecule has 1 aromatic carbocycles. The second kappa shape index (κ2) is 7.57. The summed E-state index contributed by atoms with van der Waals surface area (Å²) in [6.45, 7) is 1.18. The third kappa shape index (κ3) is 4.00. The largest absolute Gasteiger partial charge is 0.339 e. The van der Waals surface area contributed by atoms with Crippen LogP contribution in [0.25, 0.3) is 0 Å². The molecule has 0 unspecified atom stereocenters. The first kappa shape index (κ1) is 16.6. The van der Waals surface area contributed by atoms with E-state index < -0.39 is 0 Å². The van der Waals surface area contributed by atoms with Crippen molar-refractivity contribution in [1.29, 1.82) is 0 Å². The Morgan fingerprint density at radius 3 is 2.42 bits per heavy atom. The highest BCUT2D eigenvalue weighted by atomic mass is 79.9. The first-order valence-electron chi connectivity index (χ1n) is 7.90. The van der Waals surface area contributed by atoms with Gasteiger partial charge in [-0.3, -0.25) is 9.59 Å². The molecule has 0 atom stereocenters. The van der Waals surface area contributed by atoms with Crippen LogP contribution >= 0.6 is 15.9 Å². The predicted molar refractivity (Wildman–Crippen MR) is 95.6 cm³/mol. The first-order chi connectivity index (χ1) is 11.6. The molecule has 2 aromatic rings. The van der Waals surface area contributed by atoms with Gasteiger partial charge in [-0.25, -0.2) is 4.98 Å². The number of aromatic nitrogens is 1. The van der Waals surface area contributed by atoms with E-state index in [0.29, 0.717) is 37.3 Å². The standard InChI is InChI=1S/C18H18BrN3O2/c19-15-6-4-14(5-7-15)18(24)22-11-8-13(9-12-22)17(23)21-16-3-1-2-10-20-16/h1-7,10,13H,8-9,11-12H2,(H,20,21,23). The minimum Gasteiger partial charge on any atom is -0.339 e. The number of hydrogen-bond acceptors (Lipinski definition) is 3. The number of hydrogen-bond donors (Lipinski definition) is 1. The quantitative estimate of drug-likeness (QED) is 0.878. The Bertz CT molecular complexity index is 711. The van der Waals surface area contributed by atoms with Crippen LogP contribution in [0.4, 0.5) is 5.82 Å². The van der Waals surface area contributed by atoms with Gasteiger partial charge in [0.2, 0.25) is 5.91 Å². The molecule has 5 nitrogen and oxygen atoms in total. The van der Waals surface area contributed by atoms with Crippen molar-refractivity contribution in [2.75, 3.05) is 18.4 Å². The molecule has 2 amide bonds. The van der Waals surface area contributed by atoms with Crippen molar-refractivity contribution < 1.29 is 9.59 Å². The highest BCUT2D eigenvalue weighted by Crippen LogP contribution is 2.21. The second-order valence-corrected chi connectivity index (χ2v) is 6.69. The van der Waals surface area contributed by atoms with Crippen LogP contribution in [0.5, 0.6) is 0 Å². The predicted octanol–water partition coefficient (Wildman–Crippen LogP) is 3.34. The van der Waals surface area contributed by atoms with E-state index >= 15 is 0 Å². The van der Waals surface area contributed by atoms with Crippen LogP contribution in [-0.2, 0) is 4.79 Å². The van der Waals surface area contributed by atoms with E-state index in [0.717, 1.165) is 4.47 Å². The zero-order chi connectivity index (χ0) is 16.9. The van der Waals surface area contributed by atoms with Crippen molar-refractivity contribution >= 4 is 33.6 Å². The van der Waals surface area contributed by atoms with E-state index in [1.807, 2.05) is 41.3 Å². The van der Waals surface area contributed by atoms with Gasteiger partial charge >= 0.3 is 0 Å². The molecule has 1 aliphatic heterocycles. The molecule has 1 N–H and O–H groups in total. The van der Waals surface area contributed by atoms with Crippen LogP contribution in [0.15, 0.2) is 53.1 Å². The van der Waals surface area contributed by atoms with Crippen LogP contribution < -0.4 is 5.32 Å². The van der Waals surface area contributed by atoms with Gasteiger partial charge in [0.1, 0.15) is 5.82 Å². The molecule has 2 heterocycles. The average molecular weight is 388 g/mol. The molecule has 24 heavy (non-hydrogen) atoms. The third-order valence-corrected chi connectivity index (χ3v) is 4.69. The highest BCUT2D eigenvalue weighted by molar-refractivity contribution is 9.10. The fourth-order valence-corrected chi connectivity index (χ4v) is 3.05. The summed E-state index contributed by atoms with van der Waals surface area (Å²) in [5.41, 5.74) is 0.676. The van der Waals surface area contributed by atoms with Gasteiger partial charge in [-0.2, -0.15) is 0 Å². The Labute approximate surface area is 149 Å². The maximum absolute atomic E-state index is 12.5. The van der Waals surface area contributed by atoms with Gasteiger partial charge in [-0.15, -0.1) is 0 Å². The van der Waals surface area contributed by atoms with Crippen molar-refractivity contribution in [3.63, 3.8) is 0 Å². The molecule has 3 rings (SSSR count). The number of amides is 2. The van der Waals surface area contributed by atoms with Gasteiger partial charge < -0.3 is 10.2 Å². The Kier molecular flexibility index (Phi) is 5.25. The van der Waals surface area contributed by atoms with Gasteiger partial charge in [-0.1, -0.05) is 22.0 Å². The maximum atomic E-state index is 12.5. The lowest BCUT2D eigenvalue weighted by atomic mass is 9.95. The molecule has 1 fully saturated rings. The Morgan fingerprint density at radius 2 is 1.79 bits per heavy atom. The lowest BCUT2D eigenvalue weighted by Gasteiger charge is -2.31. The number of rotatable bonds is 3. The summed E-state index contributed by atoms with van der Waals surface area (Å²) in [4.78, 5) is 30.7. The normalized spacial score (nSPS) is 15.1. The third-order valence-electron chi connectivity index (χ3n) is 4.16. The molecule has 1 saturated heterocycles. The summed E-state index contributed by atoms with van der Waals surface area (Å²) in [5, 5.41) is 2.83. The molecule has 1 aliphatic rings. The monoisotopic (exact) mass is 387 g/mol. The summed E-state index contributed by atoms with van der Waals surface area (Å²) in [6.07, 6.45) is 2.98. The van der Waals surface area contributed by atoms with Gasteiger partial charge in [0.05, 0.1) is 0 Å². The molecular weight excluding hydrogens is 370 g/mol. The van der Waals surface area contributed by atoms with E-state index in [2.05, 4.69) is 26.2 Å². The lowest BCUT2D eigenvalue weighted by molar-refractivity contribution is -0.121. The number of halogens is 1. The summed E-state index contributed by atoms with van der Waals surface area (Å²) >= 11 is 3.37. The van der Waals surface area contributed by atoms with Crippen molar-refractivity contribution in [1.82, 2.24) is 9.88 Å². The topological polar surface area (TPSA) is 62.3 Å². The van der Waals surface area contributed by atoms with Crippen LogP contribution in [0, 0.1) is 5.92 Å². The Hall–Kier alpha value is -2.21. The van der Waals surface area contributed by atoms with Gasteiger partial charge in [0, 0.05) is 35.2 Å². The molecule has 6 heteroatoms. The minimum atomic E-state index is -0.0824. The van der Waals surface area contributed by atoms with Gasteiger partial charge in [0.25, 0.3) is 5.91 Å². The summed E-state index contributed by atoms with van der Waals surface area (Å²) in [7, 11) is 0. The molecule has 0 spiro atoms. The molecule has 0 radical (unpaired) electrons. The van der Waals surface area contributed by atoms with E-state index in [4.69, 9.17) is 0 Å². The van der Waals surface area contributed by atoms with E-state index in [9.17, 15) is 9.59 Å². The van der Waals surface area contributed by atoms with Crippen molar-refractivity contribution in [2.45, 2.75) is 12.8 Å². The Morgan fingerprint density at radius 1 is 1.08 bits per heavy atom. The van der Waals surface area contributed by atoms with Crippen molar-refractivity contribution in [2.24, 2.45) is 5.92 Å². The van der Waals surface area contributed by atoms with Crippen molar-refractivity contribution in [3.8, 4) is 0 Å². The molecule has 0 aliphatic carbocycles. The minimum absolute atomic E-state index is 0.0195. The zero-order valence-corrected chi connectivity index (χ0v) is 14.7. The highest BCUT2D eigenvalue weighted by Gasteiger charge is 2.28. The number of likely N-dealkylation sites (tertiary alicyclic amines) is 1. The first-order valence-corrected chi connectivity index (χ1v) is 8.69. The van der Waals surface area contributed by atoms with Crippen LogP contribution in [0.2, 0.25) is 0 Å². The SMILES string of the molecule is O=C(Nc1ccccn1)C1CCN(C(=O)c2ccc(Br)cc2)CC1. The number of piperidine rings is 1. The fraction of sp³-hybridized carbons (Fsp3) is 0.278. The summed E-state index contributed by atoms with van der Waals surface area (Å²) in [5.74, 6) is 0.479. The number of pyridine rings is 1. The zero-order valence-electron chi connectivity index (χ0n) is 13.1. The number of benzene rings is 1. The average Bonchev–Trinajstić information content (AvgIpc) is 2.63. The van der Waals surface area contributed by atoms with Gasteiger partial charge in [0.15, 0.2) is 0 Å². The summed E-state index contributed by atoms with van der Waals surface area (Å²) < 4.78 is 0.948. The molecule has 0 saturated carbocycles. The maximum Gasteiger partial charge on any atom is 0.253 e. The second-order valence-electron chi connectivity index (χ2n) is 5.78. The number of nitrogens with zero attached hydrogens (tertiary/aromatic N) is 2. The van der Waals surface area contributed by atoms with E-state index in [1.54, 1.807) is 12.3 Å². The van der Waals surface area contributed by atoms with E-state index in [-0.39, 0.29) is 17.7 Å². The fourth-order valence-electron chi connectivity index (χ4n) is 2.78. The number of anilines is 1. The van der Waals surface area contributed by atoms with Crippen LogP contribution in [0.3, 0.4) is 0 Å². The molecular formula is C18H18BrN3O2. The number of nitrogens with one attached hydrogen (secondary N) is 1. The Balaban J connectivity index is 1.54. The lowest BCUT2D eigenvalue weighted by Crippen LogP contribution is -2.41. The van der Waals surface area contributed by atoms with E-state index in [1.165, 1.54) is 0 Å². The molecule has 1 aromatic heterocycles. The number of carbonyl (C=O) groups is 2. The van der Waals surface area contributed by atoms with Crippen LogP contribution in [-0.4, -0.2) is 34.8 Å². The van der Waals surface area contributed by atoms with Crippen molar-refractivity contribution in [3.05, 3.63) is 58.7 Å². The van der Waals surface area contributed by atoms with Gasteiger partial charge in [-0.05, 0) is 49.2 Å². The smallest absolute Gasteiger partial charge is 0.253 e. The number of carbonyl (C=O) groups excluding carboxylic acids is 2. The molecule has 0 bridgehead atoms. The van der Waals surface area contributed by atoms with Crippen LogP contribution in [0.1, 0.15) is 23.2 Å². The summed E-state index contributed by atoms with van der Waals surface area (Å²) in [6, 6.07) is 12.8. The molecule has 124 valence electrons.